The molecule has 1 aliphatic rings. The summed E-state index contributed by atoms with van der Waals surface area (Å²) in [5.41, 5.74) is 0.812. The minimum atomic E-state index is -3.10. The van der Waals surface area contributed by atoms with Gasteiger partial charge in [-0.3, -0.25) is 0 Å². The molecule has 1 saturated heterocycles. The van der Waals surface area contributed by atoms with Crippen molar-refractivity contribution in [2.24, 2.45) is 0 Å². The molecule has 0 aromatic heterocycles. The molecule has 1 atom stereocenters. The van der Waals surface area contributed by atoms with E-state index in [-0.39, 0.29) is 17.6 Å². The minimum Gasteiger partial charge on any atom is -0.212 e. The molecule has 0 bridgehead atoms. The van der Waals surface area contributed by atoms with Crippen LogP contribution in [0.2, 0.25) is 0 Å². The molecule has 1 aromatic carbocycles. The number of halogens is 1. The van der Waals surface area contributed by atoms with Crippen LogP contribution in [0.4, 0.5) is 4.39 Å². The average Bonchev–Trinajstić information content (AvgIpc) is 2.47. The SMILES string of the molecule is O=S1(=O)CCC(c2ccc(F)cc2)N1. The lowest BCUT2D eigenvalue weighted by molar-refractivity contribution is 0.585. The highest BCUT2D eigenvalue weighted by atomic mass is 32.2. The van der Waals surface area contributed by atoms with Crippen molar-refractivity contribution in [2.75, 3.05) is 5.75 Å². The lowest BCUT2D eigenvalue weighted by atomic mass is 10.1. The van der Waals surface area contributed by atoms with Crippen LogP contribution in [0.3, 0.4) is 0 Å². The van der Waals surface area contributed by atoms with Crippen molar-refractivity contribution in [3.8, 4) is 0 Å². The Kier molecular flexibility index (Phi) is 2.28. The van der Waals surface area contributed by atoms with E-state index in [9.17, 15) is 12.8 Å². The smallest absolute Gasteiger partial charge is 0.212 e. The first kappa shape index (κ1) is 9.61. The van der Waals surface area contributed by atoms with E-state index in [2.05, 4.69) is 4.72 Å². The number of hydrogen-bond donors (Lipinski definition) is 1. The highest BCUT2D eigenvalue weighted by Gasteiger charge is 2.27. The molecule has 0 radical (unpaired) electrons. The predicted octanol–water partition coefficient (Wildman–Crippen LogP) is 1.19. The highest BCUT2D eigenvalue weighted by molar-refractivity contribution is 7.89. The first-order valence-electron chi connectivity index (χ1n) is 4.32. The first-order valence-corrected chi connectivity index (χ1v) is 5.97. The van der Waals surface area contributed by atoms with Crippen LogP contribution in [0.1, 0.15) is 18.0 Å². The molecule has 1 fully saturated rings. The molecule has 3 nitrogen and oxygen atoms in total. The maximum absolute atomic E-state index is 12.6. The van der Waals surface area contributed by atoms with Gasteiger partial charge in [-0.1, -0.05) is 12.1 Å². The van der Waals surface area contributed by atoms with E-state index in [0.717, 1.165) is 5.56 Å². The summed E-state index contributed by atoms with van der Waals surface area (Å²) in [5, 5.41) is 0. The van der Waals surface area contributed by atoms with E-state index >= 15 is 0 Å². The number of sulfonamides is 1. The second-order valence-electron chi connectivity index (χ2n) is 3.33. The lowest BCUT2D eigenvalue weighted by Crippen LogP contribution is -2.19. The van der Waals surface area contributed by atoms with Crippen molar-refractivity contribution >= 4 is 10.0 Å². The molecule has 0 saturated carbocycles. The summed E-state index contributed by atoms with van der Waals surface area (Å²) in [6.45, 7) is 0. The van der Waals surface area contributed by atoms with Gasteiger partial charge in [-0.05, 0) is 24.1 Å². The quantitative estimate of drug-likeness (QED) is 0.764. The van der Waals surface area contributed by atoms with Crippen LogP contribution in [0.15, 0.2) is 24.3 Å². The standard InChI is InChI=1S/C9H10FNO2S/c10-8-3-1-7(2-4-8)9-5-6-14(12,13)11-9/h1-4,9,11H,5-6H2. The van der Waals surface area contributed by atoms with Crippen molar-refractivity contribution in [3.63, 3.8) is 0 Å². The molecule has 1 aliphatic heterocycles. The zero-order valence-electron chi connectivity index (χ0n) is 7.40. The van der Waals surface area contributed by atoms with Gasteiger partial charge < -0.3 is 0 Å². The summed E-state index contributed by atoms with van der Waals surface area (Å²) in [6.07, 6.45) is 0.550. The van der Waals surface area contributed by atoms with Crippen LogP contribution < -0.4 is 4.72 Å². The van der Waals surface area contributed by atoms with Crippen molar-refractivity contribution in [3.05, 3.63) is 35.6 Å². The summed E-state index contributed by atoms with van der Waals surface area (Å²) in [7, 11) is -3.10. The summed E-state index contributed by atoms with van der Waals surface area (Å²) < 4.78 is 37.3. The van der Waals surface area contributed by atoms with E-state index < -0.39 is 10.0 Å². The first-order chi connectivity index (χ1) is 6.57. The van der Waals surface area contributed by atoms with Crippen LogP contribution in [-0.4, -0.2) is 14.2 Å². The monoisotopic (exact) mass is 215 g/mol. The Balaban J connectivity index is 2.22. The highest BCUT2D eigenvalue weighted by Crippen LogP contribution is 2.23. The van der Waals surface area contributed by atoms with E-state index in [1.807, 2.05) is 0 Å². The minimum absolute atomic E-state index is 0.148. The molecule has 5 heteroatoms. The van der Waals surface area contributed by atoms with Crippen molar-refractivity contribution in [1.82, 2.24) is 4.72 Å². The van der Waals surface area contributed by atoms with Crippen LogP contribution in [0.25, 0.3) is 0 Å². The average molecular weight is 215 g/mol. The Hall–Kier alpha value is -0.940. The molecular formula is C9H10FNO2S. The number of rotatable bonds is 1. The van der Waals surface area contributed by atoms with E-state index in [1.54, 1.807) is 12.1 Å². The van der Waals surface area contributed by atoms with Gasteiger partial charge in [0, 0.05) is 6.04 Å². The molecule has 76 valence electrons. The lowest BCUT2D eigenvalue weighted by Gasteiger charge is -2.08. The van der Waals surface area contributed by atoms with Gasteiger partial charge in [0.25, 0.3) is 0 Å². The van der Waals surface area contributed by atoms with Crippen molar-refractivity contribution in [1.29, 1.82) is 0 Å². The fourth-order valence-corrected chi connectivity index (χ4v) is 2.89. The van der Waals surface area contributed by atoms with Crippen molar-refractivity contribution in [2.45, 2.75) is 12.5 Å². The summed E-state index contributed by atoms with van der Waals surface area (Å²) in [5.74, 6) is -0.163. The van der Waals surface area contributed by atoms with Crippen LogP contribution in [0.5, 0.6) is 0 Å². The van der Waals surface area contributed by atoms with Crippen LogP contribution >= 0.6 is 0 Å². The molecule has 1 unspecified atom stereocenters. The molecule has 1 aromatic rings. The third-order valence-corrected chi connectivity index (χ3v) is 3.69. The molecule has 0 aliphatic carbocycles. The molecule has 1 heterocycles. The Morgan fingerprint density at radius 1 is 1.29 bits per heavy atom. The van der Waals surface area contributed by atoms with Gasteiger partial charge in [0.1, 0.15) is 5.82 Å². The van der Waals surface area contributed by atoms with Gasteiger partial charge in [-0.25, -0.2) is 17.5 Å². The fourth-order valence-electron chi connectivity index (χ4n) is 1.54. The summed E-state index contributed by atoms with van der Waals surface area (Å²) in [6, 6.07) is 5.69. The zero-order chi connectivity index (χ0) is 10.2. The molecule has 0 amide bonds. The normalized spacial score (nSPS) is 25.1. The van der Waals surface area contributed by atoms with Crippen LogP contribution in [0, 0.1) is 5.82 Å². The number of benzene rings is 1. The van der Waals surface area contributed by atoms with Gasteiger partial charge in [0.2, 0.25) is 10.0 Å². The molecule has 1 N–H and O–H groups in total. The fraction of sp³-hybridized carbons (Fsp3) is 0.333. The van der Waals surface area contributed by atoms with Gasteiger partial charge >= 0.3 is 0 Å². The second-order valence-corrected chi connectivity index (χ2v) is 5.20. The largest absolute Gasteiger partial charge is 0.212 e. The Labute approximate surface area is 82.0 Å². The molecule has 14 heavy (non-hydrogen) atoms. The van der Waals surface area contributed by atoms with Gasteiger partial charge in [0.15, 0.2) is 0 Å². The molecule has 2 rings (SSSR count). The van der Waals surface area contributed by atoms with Gasteiger partial charge in [0.05, 0.1) is 5.75 Å². The maximum atomic E-state index is 12.6. The van der Waals surface area contributed by atoms with E-state index in [1.165, 1.54) is 12.1 Å². The Morgan fingerprint density at radius 2 is 1.93 bits per heavy atom. The third kappa shape index (κ3) is 1.93. The summed E-state index contributed by atoms with van der Waals surface area (Å²) in [4.78, 5) is 0. The van der Waals surface area contributed by atoms with Gasteiger partial charge in [-0.2, -0.15) is 0 Å². The number of nitrogens with one attached hydrogen (secondary N) is 1. The topological polar surface area (TPSA) is 46.2 Å². The van der Waals surface area contributed by atoms with E-state index in [0.29, 0.717) is 6.42 Å². The van der Waals surface area contributed by atoms with Crippen molar-refractivity contribution < 1.29 is 12.8 Å². The second kappa shape index (κ2) is 3.33. The zero-order valence-corrected chi connectivity index (χ0v) is 8.22. The Morgan fingerprint density at radius 3 is 2.43 bits per heavy atom. The van der Waals surface area contributed by atoms with Crippen LogP contribution in [-0.2, 0) is 10.0 Å². The summed E-state index contributed by atoms with van der Waals surface area (Å²) >= 11 is 0. The molecule has 0 spiro atoms. The van der Waals surface area contributed by atoms with E-state index in [4.69, 9.17) is 0 Å². The molecular weight excluding hydrogens is 205 g/mol. The van der Waals surface area contributed by atoms with Gasteiger partial charge in [-0.15, -0.1) is 0 Å². The third-order valence-electron chi connectivity index (χ3n) is 2.27. The predicted molar refractivity (Wildman–Crippen MR) is 50.7 cm³/mol. The number of hydrogen-bond acceptors (Lipinski definition) is 2. The maximum Gasteiger partial charge on any atom is 0.212 e. The Bertz CT molecular complexity index is 427.